The van der Waals surface area contributed by atoms with Crippen molar-refractivity contribution < 1.29 is 5.11 Å². The van der Waals surface area contributed by atoms with E-state index in [4.69, 9.17) is 0 Å². The van der Waals surface area contributed by atoms with E-state index in [0.29, 0.717) is 11.7 Å². The first-order chi connectivity index (χ1) is 15.6. The number of phenols is 1. The van der Waals surface area contributed by atoms with Crippen LogP contribution in [0.3, 0.4) is 0 Å². The summed E-state index contributed by atoms with van der Waals surface area (Å²) < 4.78 is 1.11. The van der Waals surface area contributed by atoms with Crippen LogP contribution >= 0.6 is 15.9 Å². The third kappa shape index (κ3) is 3.37. The summed E-state index contributed by atoms with van der Waals surface area (Å²) in [5, 5.41) is 11.6. The van der Waals surface area contributed by atoms with Gasteiger partial charge in [-0.1, -0.05) is 64.5 Å². The second-order valence-electron chi connectivity index (χ2n) is 9.53. The number of nitrogens with zero attached hydrogens (tertiary/aromatic N) is 1. The minimum absolute atomic E-state index is 0.0526. The first-order valence-electron chi connectivity index (χ1n) is 11.5. The molecule has 2 unspecified atom stereocenters. The number of nitrogens with one attached hydrogen (secondary N) is 1. The zero-order valence-electron chi connectivity index (χ0n) is 18.0. The molecule has 3 aromatic carbocycles. The molecule has 2 atom stereocenters. The normalized spacial score (nSPS) is 23.1. The summed E-state index contributed by atoms with van der Waals surface area (Å²) in [6.07, 6.45) is 3.17. The Morgan fingerprint density at radius 1 is 1.03 bits per heavy atom. The second-order valence-corrected chi connectivity index (χ2v) is 10.4. The van der Waals surface area contributed by atoms with E-state index in [0.717, 1.165) is 43.4 Å². The minimum atomic E-state index is 0.0526. The number of hydrogen-bond donors (Lipinski definition) is 2. The van der Waals surface area contributed by atoms with Gasteiger partial charge in [0.2, 0.25) is 0 Å². The van der Waals surface area contributed by atoms with Crippen LogP contribution in [0.25, 0.3) is 10.9 Å². The van der Waals surface area contributed by atoms with E-state index in [-0.39, 0.29) is 5.41 Å². The molecule has 2 heterocycles. The summed E-state index contributed by atoms with van der Waals surface area (Å²) >= 11 is 3.63. The largest absolute Gasteiger partial charge is 0.508 e. The molecule has 0 amide bonds. The van der Waals surface area contributed by atoms with Gasteiger partial charge >= 0.3 is 0 Å². The van der Waals surface area contributed by atoms with E-state index in [9.17, 15) is 5.11 Å². The quantitative estimate of drug-likeness (QED) is 0.362. The Hall–Kier alpha value is -2.56. The fourth-order valence-electron chi connectivity index (χ4n) is 6.14. The maximum atomic E-state index is 10.3. The number of hydrogen-bond acceptors (Lipinski definition) is 2. The molecule has 6 rings (SSSR count). The predicted octanol–water partition coefficient (Wildman–Crippen LogP) is 6.19. The number of aromatic nitrogens is 1. The van der Waals surface area contributed by atoms with Crippen molar-refractivity contribution in [3.05, 3.63) is 99.7 Å². The summed E-state index contributed by atoms with van der Waals surface area (Å²) in [4.78, 5) is 6.37. The molecule has 32 heavy (non-hydrogen) atoms. The third-order valence-electron chi connectivity index (χ3n) is 7.70. The number of phenolic OH excluding ortho intramolecular Hbond substituents is 1. The van der Waals surface area contributed by atoms with Gasteiger partial charge in [-0.25, -0.2) is 0 Å². The van der Waals surface area contributed by atoms with Crippen molar-refractivity contribution in [2.45, 2.75) is 31.2 Å². The van der Waals surface area contributed by atoms with Crippen molar-refractivity contribution in [2.75, 3.05) is 13.1 Å². The standard InChI is InChI=1S/C28H27BrN2O/c29-22-9-10-24-25-14-21-18-31(17-19-5-2-1-3-6-19)12-11-28(21,16-27(25)30-26(24)15-22)20-7-4-8-23(32)13-20/h1-10,13,15,21,30,32H,11-12,14,16-18H2. The van der Waals surface area contributed by atoms with E-state index in [1.165, 1.54) is 33.3 Å². The van der Waals surface area contributed by atoms with Crippen LogP contribution in [0.4, 0.5) is 0 Å². The average Bonchev–Trinajstić information content (AvgIpc) is 3.14. The van der Waals surface area contributed by atoms with Crippen molar-refractivity contribution in [2.24, 2.45) is 5.92 Å². The van der Waals surface area contributed by atoms with Crippen LogP contribution < -0.4 is 0 Å². The van der Waals surface area contributed by atoms with Crippen LogP contribution in [0.2, 0.25) is 0 Å². The number of benzene rings is 3. The van der Waals surface area contributed by atoms with E-state index in [1.807, 2.05) is 12.1 Å². The van der Waals surface area contributed by atoms with Gasteiger partial charge in [0.25, 0.3) is 0 Å². The van der Waals surface area contributed by atoms with Gasteiger partial charge in [-0.15, -0.1) is 0 Å². The number of aromatic hydroxyl groups is 1. The first kappa shape index (κ1) is 20.1. The lowest BCUT2D eigenvalue weighted by Crippen LogP contribution is -2.53. The average molecular weight is 487 g/mol. The summed E-state index contributed by atoms with van der Waals surface area (Å²) in [6.45, 7) is 3.15. The molecule has 0 bridgehead atoms. The van der Waals surface area contributed by atoms with E-state index >= 15 is 0 Å². The molecule has 1 fully saturated rings. The number of halogens is 1. The van der Waals surface area contributed by atoms with Crippen LogP contribution in [-0.2, 0) is 24.8 Å². The van der Waals surface area contributed by atoms with Crippen molar-refractivity contribution in [3.8, 4) is 5.75 Å². The zero-order valence-corrected chi connectivity index (χ0v) is 19.6. The number of rotatable bonds is 3. The Kier molecular flexibility index (Phi) is 4.89. The highest BCUT2D eigenvalue weighted by molar-refractivity contribution is 9.10. The molecule has 2 N–H and O–H groups in total. The minimum Gasteiger partial charge on any atom is -0.508 e. The summed E-state index contributed by atoms with van der Waals surface area (Å²) in [5.41, 5.74) is 6.79. The van der Waals surface area contributed by atoms with Crippen LogP contribution in [0.15, 0.2) is 77.3 Å². The van der Waals surface area contributed by atoms with E-state index < -0.39 is 0 Å². The predicted molar refractivity (Wildman–Crippen MR) is 133 cm³/mol. The van der Waals surface area contributed by atoms with Gasteiger partial charge in [-0.05, 0) is 72.7 Å². The topological polar surface area (TPSA) is 39.3 Å². The zero-order chi connectivity index (χ0) is 21.7. The lowest BCUT2D eigenvalue weighted by molar-refractivity contribution is 0.0765. The fourth-order valence-corrected chi connectivity index (χ4v) is 6.51. The van der Waals surface area contributed by atoms with Gasteiger partial charge in [-0.3, -0.25) is 4.90 Å². The number of H-pyrrole nitrogens is 1. The van der Waals surface area contributed by atoms with E-state index in [1.54, 1.807) is 6.07 Å². The maximum absolute atomic E-state index is 10.3. The van der Waals surface area contributed by atoms with Crippen molar-refractivity contribution >= 4 is 26.8 Å². The highest BCUT2D eigenvalue weighted by Crippen LogP contribution is 2.49. The lowest BCUT2D eigenvalue weighted by atomic mass is 9.58. The van der Waals surface area contributed by atoms with Gasteiger partial charge in [0.05, 0.1) is 0 Å². The Labute approximate surface area is 197 Å². The highest BCUT2D eigenvalue weighted by Gasteiger charge is 2.48. The number of likely N-dealkylation sites (tertiary alicyclic amines) is 1. The van der Waals surface area contributed by atoms with Gasteiger partial charge in [0.1, 0.15) is 5.75 Å². The number of piperidine rings is 1. The van der Waals surface area contributed by atoms with Gasteiger partial charge in [-0.2, -0.15) is 0 Å². The van der Waals surface area contributed by atoms with Crippen molar-refractivity contribution in [1.29, 1.82) is 0 Å². The molecule has 1 aliphatic heterocycles. The van der Waals surface area contributed by atoms with Crippen LogP contribution in [0, 0.1) is 5.92 Å². The van der Waals surface area contributed by atoms with Crippen LogP contribution in [-0.4, -0.2) is 28.1 Å². The van der Waals surface area contributed by atoms with Gasteiger partial charge in [0, 0.05) is 39.6 Å². The maximum Gasteiger partial charge on any atom is 0.115 e. The first-order valence-corrected chi connectivity index (χ1v) is 12.2. The monoisotopic (exact) mass is 486 g/mol. The second kappa shape index (κ2) is 7.79. The Morgan fingerprint density at radius 3 is 2.75 bits per heavy atom. The molecular formula is C28H27BrN2O. The number of fused-ring (bicyclic) bond motifs is 4. The van der Waals surface area contributed by atoms with Crippen LogP contribution in [0.1, 0.15) is 28.8 Å². The highest BCUT2D eigenvalue weighted by atomic mass is 79.9. The molecule has 162 valence electrons. The molecule has 4 aromatic rings. The Morgan fingerprint density at radius 2 is 1.91 bits per heavy atom. The van der Waals surface area contributed by atoms with Gasteiger partial charge < -0.3 is 10.1 Å². The summed E-state index contributed by atoms with van der Waals surface area (Å²) in [7, 11) is 0. The summed E-state index contributed by atoms with van der Waals surface area (Å²) in [5.74, 6) is 0.880. The molecule has 1 aliphatic carbocycles. The fraction of sp³-hybridized carbons (Fsp3) is 0.286. The Bertz CT molecular complexity index is 1280. The molecule has 0 spiro atoms. The SMILES string of the molecule is Oc1cccc(C23CCN(Cc4ccccc4)CC2Cc2c([nH]c4cc(Br)ccc24)C3)c1. The lowest BCUT2D eigenvalue weighted by Gasteiger charge is -2.51. The molecule has 1 saturated heterocycles. The van der Waals surface area contributed by atoms with Crippen molar-refractivity contribution in [1.82, 2.24) is 9.88 Å². The molecule has 3 nitrogen and oxygen atoms in total. The molecule has 2 aliphatic rings. The molecule has 1 aromatic heterocycles. The van der Waals surface area contributed by atoms with E-state index in [2.05, 4.69) is 80.4 Å². The smallest absolute Gasteiger partial charge is 0.115 e. The third-order valence-corrected chi connectivity index (χ3v) is 8.20. The number of aromatic amines is 1. The van der Waals surface area contributed by atoms with Crippen molar-refractivity contribution in [3.63, 3.8) is 0 Å². The molecular weight excluding hydrogens is 460 g/mol. The van der Waals surface area contributed by atoms with Crippen LogP contribution in [0.5, 0.6) is 5.75 Å². The summed E-state index contributed by atoms with van der Waals surface area (Å²) in [6, 6.07) is 25.4. The van der Waals surface area contributed by atoms with Gasteiger partial charge in [0.15, 0.2) is 0 Å². The Balaban J connectivity index is 1.41. The molecule has 0 saturated carbocycles. The molecule has 4 heteroatoms. The molecule has 0 radical (unpaired) electrons.